The van der Waals surface area contributed by atoms with Crippen LogP contribution in [-0.4, -0.2) is 11.8 Å². The van der Waals surface area contributed by atoms with Gasteiger partial charge < -0.3 is 15.1 Å². The van der Waals surface area contributed by atoms with Gasteiger partial charge >= 0.3 is 0 Å². The number of nitrogens with one attached hydrogen (secondary N) is 2. The van der Waals surface area contributed by atoms with Crippen LogP contribution in [0.3, 0.4) is 0 Å². The Bertz CT molecular complexity index is 709. The predicted molar refractivity (Wildman–Crippen MR) is 92.6 cm³/mol. The minimum atomic E-state index is -0.412. The Labute approximate surface area is 146 Å². The van der Waals surface area contributed by atoms with Gasteiger partial charge in [-0.3, -0.25) is 9.59 Å². The van der Waals surface area contributed by atoms with Crippen molar-refractivity contribution < 1.29 is 14.0 Å². The third kappa shape index (κ3) is 5.13. The standard InChI is InChI=1S/C18H21ClN2O3/c1-11-4-9-17(24-11)12(2)20-18(23)10-16(21-13(3)22)14-5-7-15(19)8-6-14/h4-9,12,16H,10H2,1-3H3,(H,20,23)(H,21,22). The lowest BCUT2D eigenvalue weighted by molar-refractivity contribution is -0.123. The molecule has 0 bridgehead atoms. The molecule has 1 heterocycles. The third-order valence-corrected chi connectivity index (χ3v) is 3.86. The van der Waals surface area contributed by atoms with E-state index in [1.54, 1.807) is 24.3 Å². The molecule has 1 aromatic carbocycles. The monoisotopic (exact) mass is 348 g/mol. The fourth-order valence-corrected chi connectivity index (χ4v) is 2.56. The van der Waals surface area contributed by atoms with Crippen molar-refractivity contribution in [2.45, 2.75) is 39.3 Å². The average Bonchev–Trinajstić information content (AvgIpc) is 2.93. The van der Waals surface area contributed by atoms with Crippen LogP contribution in [0.5, 0.6) is 0 Å². The highest BCUT2D eigenvalue weighted by molar-refractivity contribution is 6.30. The molecular formula is C18H21ClN2O3. The van der Waals surface area contributed by atoms with Crippen molar-refractivity contribution in [1.29, 1.82) is 0 Å². The van der Waals surface area contributed by atoms with Gasteiger partial charge in [0.15, 0.2) is 0 Å². The lowest BCUT2D eigenvalue weighted by Gasteiger charge is -2.19. The van der Waals surface area contributed by atoms with Crippen LogP contribution in [0.2, 0.25) is 5.02 Å². The van der Waals surface area contributed by atoms with Gasteiger partial charge in [-0.2, -0.15) is 0 Å². The molecular weight excluding hydrogens is 328 g/mol. The Morgan fingerprint density at radius 2 is 1.79 bits per heavy atom. The van der Waals surface area contributed by atoms with Crippen LogP contribution >= 0.6 is 11.6 Å². The van der Waals surface area contributed by atoms with E-state index in [0.717, 1.165) is 11.3 Å². The maximum Gasteiger partial charge on any atom is 0.222 e. The Morgan fingerprint density at radius 3 is 2.33 bits per heavy atom. The first kappa shape index (κ1) is 18.1. The van der Waals surface area contributed by atoms with Crippen LogP contribution in [-0.2, 0) is 9.59 Å². The number of halogens is 1. The van der Waals surface area contributed by atoms with Gasteiger partial charge in [0.2, 0.25) is 11.8 Å². The summed E-state index contributed by atoms with van der Waals surface area (Å²) >= 11 is 5.89. The van der Waals surface area contributed by atoms with Gasteiger partial charge in [-0.1, -0.05) is 23.7 Å². The molecule has 0 aliphatic rings. The molecule has 2 atom stereocenters. The largest absolute Gasteiger partial charge is 0.464 e. The number of hydrogen-bond acceptors (Lipinski definition) is 3. The highest BCUT2D eigenvalue weighted by Gasteiger charge is 2.19. The molecule has 1 aromatic heterocycles. The zero-order valence-corrected chi connectivity index (χ0v) is 14.7. The zero-order chi connectivity index (χ0) is 17.7. The molecule has 0 saturated heterocycles. The Morgan fingerprint density at radius 1 is 1.12 bits per heavy atom. The minimum Gasteiger partial charge on any atom is -0.464 e. The van der Waals surface area contributed by atoms with Gasteiger partial charge in [0, 0.05) is 11.9 Å². The number of carbonyl (C=O) groups is 2. The lowest BCUT2D eigenvalue weighted by Crippen LogP contribution is -2.33. The Kier molecular flexibility index (Phi) is 6.04. The van der Waals surface area contributed by atoms with E-state index in [2.05, 4.69) is 10.6 Å². The summed E-state index contributed by atoms with van der Waals surface area (Å²) in [6.45, 7) is 5.13. The SMILES string of the molecule is CC(=O)NC(CC(=O)NC(C)c1ccc(C)o1)c1ccc(Cl)cc1. The average molecular weight is 349 g/mol. The summed E-state index contributed by atoms with van der Waals surface area (Å²) in [6.07, 6.45) is 0.130. The molecule has 0 fully saturated rings. The first-order valence-electron chi connectivity index (χ1n) is 7.73. The summed E-state index contributed by atoms with van der Waals surface area (Å²) in [5.41, 5.74) is 0.825. The van der Waals surface area contributed by atoms with Crippen molar-refractivity contribution in [1.82, 2.24) is 10.6 Å². The number of aryl methyl sites for hydroxylation is 1. The number of rotatable bonds is 6. The highest BCUT2D eigenvalue weighted by Crippen LogP contribution is 2.21. The van der Waals surface area contributed by atoms with E-state index in [0.29, 0.717) is 10.8 Å². The second kappa shape index (κ2) is 8.02. The summed E-state index contributed by atoms with van der Waals surface area (Å²) in [6, 6.07) is 10.1. The molecule has 6 heteroatoms. The minimum absolute atomic E-state index is 0.130. The normalized spacial score (nSPS) is 13.2. The Hall–Kier alpha value is -2.27. The van der Waals surface area contributed by atoms with Gasteiger partial charge in [-0.15, -0.1) is 0 Å². The van der Waals surface area contributed by atoms with Crippen LogP contribution in [0.25, 0.3) is 0 Å². The Balaban J connectivity index is 2.04. The maximum atomic E-state index is 12.3. The number of amides is 2. The zero-order valence-electron chi connectivity index (χ0n) is 13.9. The van der Waals surface area contributed by atoms with Crippen LogP contribution in [0.15, 0.2) is 40.8 Å². The van der Waals surface area contributed by atoms with E-state index < -0.39 is 6.04 Å². The molecule has 2 unspecified atom stereocenters. The maximum absolute atomic E-state index is 12.3. The van der Waals surface area contributed by atoms with Crippen LogP contribution < -0.4 is 10.6 Å². The quantitative estimate of drug-likeness (QED) is 0.836. The highest BCUT2D eigenvalue weighted by atomic mass is 35.5. The van der Waals surface area contributed by atoms with E-state index in [4.69, 9.17) is 16.0 Å². The topological polar surface area (TPSA) is 71.3 Å². The van der Waals surface area contributed by atoms with E-state index in [1.807, 2.05) is 26.0 Å². The molecule has 5 nitrogen and oxygen atoms in total. The van der Waals surface area contributed by atoms with Crippen LogP contribution in [0.4, 0.5) is 0 Å². The molecule has 0 aliphatic heterocycles. The van der Waals surface area contributed by atoms with Crippen molar-refractivity contribution in [3.8, 4) is 0 Å². The van der Waals surface area contributed by atoms with E-state index in [-0.39, 0.29) is 24.3 Å². The van der Waals surface area contributed by atoms with Crippen LogP contribution in [0.1, 0.15) is 49.4 Å². The lowest BCUT2D eigenvalue weighted by atomic mass is 10.0. The summed E-state index contributed by atoms with van der Waals surface area (Å²) in [5, 5.41) is 6.29. The van der Waals surface area contributed by atoms with E-state index in [1.165, 1.54) is 6.92 Å². The second-order valence-corrected chi connectivity index (χ2v) is 6.18. The van der Waals surface area contributed by atoms with Gasteiger partial charge in [-0.05, 0) is 43.7 Å². The van der Waals surface area contributed by atoms with Crippen molar-refractivity contribution in [3.05, 3.63) is 58.5 Å². The molecule has 24 heavy (non-hydrogen) atoms. The molecule has 0 spiro atoms. The molecule has 128 valence electrons. The molecule has 2 rings (SSSR count). The summed E-state index contributed by atoms with van der Waals surface area (Å²) in [7, 11) is 0. The van der Waals surface area contributed by atoms with Crippen LogP contribution in [0, 0.1) is 6.92 Å². The molecule has 2 amide bonds. The van der Waals surface area contributed by atoms with Crippen molar-refractivity contribution in [2.24, 2.45) is 0 Å². The van der Waals surface area contributed by atoms with Gasteiger partial charge in [0.1, 0.15) is 11.5 Å². The van der Waals surface area contributed by atoms with Crippen molar-refractivity contribution >= 4 is 23.4 Å². The summed E-state index contributed by atoms with van der Waals surface area (Å²) < 4.78 is 5.51. The number of benzene rings is 1. The number of carbonyl (C=O) groups excluding carboxylic acids is 2. The number of furan rings is 1. The molecule has 2 N–H and O–H groups in total. The first-order chi connectivity index (χ1) is 11.3. The predicted octanol–water partition coefficient (Wildman–Crippen LogP) is 3.69. The molecule has 0 saturated carbocycles. The summed E-state index contributed by atoms with van der Waals surface area (Å²) in [5.74, 6) is 1.12. The number of hydrogen-bond donors (Lipinski definition) is 2. The van der Waals surface area contributed by atoms with Gasteiger partial charge in [0.05, 0.1) is 18.5 Å². The fourth-order valence-electron chi connectivity index (χ4n) is 2.44. The van der Waals surface area contributed by atoms with Gasteiger partial charge in [-0.25, -0.2) is 0 Å². The van der Waals surface area contributed by atoms with E-state index >= 15 is 0 Å². The second-order valence-electron chi connectivity index (χ2n) is 5.75. The van der Waals surface area contributed by atoms with Crippen molar-refractivity contribution in [2.75, 3.05) is 0 Å². The molecule has 0 radical (unpaired) electrons. The fraction of sp³-hybridized carbons (Fsp3) is 0.333. The molecule has 2 aromatic rings. The van der Waals surface area contributed by atoms with E-state index in [9.17, 15) is 9.59 Å². The van der Waals surface area contributed by atoms with Gasteiger partial charge in [0.25, 0.3) is 0 Å². The third-order valence-electron chi connectivity index (χ3n) is 3.60. The van der Waals surface area contributed by atoms with Crippen molar-refractivity contribution in [3.63, 3.8) is 0 Å². The first-order valence-corrected chi connectivity index (χ1v) is 8.11. The summed E-state index contributed by atoms with van der Waals surface area (Å²) in [4.78, 5) is 23.8. The molecule has 0 aliphatic carbocycles. The smallest absolute Gasteiger partial charge is 0.222 e.